The average Bonchev–Trinajstić information content (AvgIpc) is 3.29. The van der Waals surface area contributed by atoms with Crippen molar-refractivity contribution in [1.82, 2.24) is 10.3 Å². The molecule has 4 rings (SSSR count). The lowest BCUT2D eigenvalue weighted by atomic mass is 9.81. The number of aromatic nitrogens is 1. The fraction of sp³-hybridized carbons (Fsp3) is 0.474. The summed E-state index contributed by atoms with van der Waals surface area (Å²) in [6.45, 7) is 0.198. The SMILES string of the molecule is NC(=O)CCNC(=O)[C@H]1[C@H](C(=O)Nc2ccc(Br)nc2)[C@@H]2C=C[C@H]1C21CC1. The van der Waals surface area contributed by atoms with Crippen LogP contribution in [0.4, 0.5) is 5.69 Å². The van der Waals surface area contributed by atoms with Gasteiger partial charge in [-0.15, -0.1) is 0 Å². The zero-order valence-electron chi connectivity index (χ0n) is 14.7. The lowest BCUT2D eigenvalue weighted by Crippen LogP contribution is -2.42. The summed E-state index contributed by atoms with van der Waals surface area (Å²) >= 11 is 3.27. The first kappa shape index (κ1) is 18.2. The first-order valence-corrected chi connectivity index (χ1v) is 9.88. The number of halogens is 1. The molecule has 4 N–H and O–H groups in total. The summed E-state index contributed by atoms with van der Waals surface area (Å²) < 4.78 is 0.687. The van der Waals surface area contributed by atoms with Crippen LogP contribution < -0.4 is 16.4 Å². The van der Waals surface area contributed by atoms with Crippen LogP contribution in [0.3, 0.4) is 0 Å². The van der Waals surface area contributed by atoms with Crippen molar-refractivity contribution < 1.29 is 14.4 Å². The van der Waals surface area contributed by atoms with Crippen molar-refractivity contribution >= 4 is 39.3 Å². The molecule has 4 atom stereocenters. The minimum atomic E-state index is -0.459. The quantitative estimate of drug-likeness (QED) is 0.467. The van der Waals surface area contributed by atoms with E-state index in [1.54, 1.807) is 18.3 Å². The Kier molecular flexibility index (Phi) is 4.53. The van der Waals surface area contributed by atoms with E-state index in [-0.39, 0.29) is 42.0 Å². The van der Waals surface area contributed by atoms with Gasteiger partial charge in [-0.2, -0.15) is 0 Å². The van der Waals surface area contributed by atoms with E-state index < -0.39 is 17.7 Å². The molecule has 142 valence electrons. The van der Waals surface area contributed by atoms with Gasteiger partial charge in [0.05, 0.1) is 23.7 Å². The van der Waals surface area contributed by atoms with Crippen molar-refractivity contribution in [3.8, 4) is 0 Å². The van der Waals surface area contributed by atoms with Gasteiger partial charge in [0.1, 0.15) is 4.60 Å². The van der Waals surface area contributed by atoms with Crippen LogP contribution in [0.1, 0.15) is 19.3 Å². The normalized spacial score (nSPS) is 28.9. The number of nitrogens with two attached hydrogens (primary N) is 1. The summed E-state index contributed by atoms with van der Waals surface area (Å²) in [4.78, 5) is 41.0. The number of nitrogens with zero attached hydrogens (tertiary/aromatic N) is 1. The third-order valence-electron chi connectivity index (χ3n) is 6.11. The molecular formula is C19H21BrN4O3. The Morgan fingerprint density at radius 1 is 1.15 bits per heavy atom. The van der Waals surface area contributed by atoms with Crippen LogP contribution in [0.2, 0.25) is 0 Å². The molecule has 0 aliphatic heterocycles. The van der Waals surface area contributed by atoms with Crippen LogP contribution in [-0.4, -0.2) is 29.3 Å². The molecule has 2 bridgehead atoms. The second-order valence-corrected chi connectivity index (χ2v) is 8.40. The molecule has 0 unspecified atom stereocenters. The number of carbonyl (C=O) groups is 3. The first-order valence-electron chi connectivity index (χ1n) is 9.09. The molecule has 3 aliphatic carbocycles. The van der Waals surface area contributed by atoms with E-state index in [4.69, 9.17) is 5.73 Å². The zero-order chi connectivity index (χ0) is 19.2. The van der Waals surface area contributed by atoms with E-state index >= 15 is 0 Å². The Labute approximate surface area is 165 Å². The zero-order valence-corrected chi connectivity index (χ0v) is 16.2. The third-order valence-corrected chi connectivity index (χ3v) is 6.58. The molecule has 3 amide bonds. The van der Waals surface area contributed by atoms with E-state index in [9.17, 15) is 14.4 Å². The highest BCUT2D eigenvalue weighted by atomic mass is 79.9. The number of nitrogens with one attached hydrogen (secondary N) is 2. The second-order valence-electron chi connectivity index (χ2n) is 7.59. The number of amides is 3. The number of hydrogen-bond donors (Lipinski definition) is 3. The number of carbonyl (C=O) groups excluding carboxylic acids is 3. The maximum atomic E-state index is 13.1. The Hall–Kier alpha value is -2.22. The van der Waals surface area contributed by atoms with E-state index in [1.807, 2.05) is 0 Å². The topological polar surface area (TPSA) is 114 Å². The standard InChI is InChI=1S/C19H21BrN4O3/c20-13-4-1-10(9-23-13)24-18(27)16-12-3-2-11(19(12)6-7-19)15(16)17(26)22-8-5-14(21)25/h1-4,9,11-12,15-16H,5-8H2,(H2,21,25)(H,22,26)(H,24,27)/t11-,12+,15-,16-/m1/s1. The number of allylic oxidation sites excluding steroid dienone is 2. The highest BCUT2D eigenvalue weighted by Crippen LogP contribution is 2.72. The van der Waals surface area contributed by atoms with Crippen molar-refractivity contribution in [3.63, 3.8) is 0 Å². The van der Waals surface area contributed by atoms with Crippen molar-refractivity contribution in [3.05, 3.63) is 35.1 Å². The highest BCUT2D eigenvalue weighted by Gasteiger charge is 2.69. The molecular weight excluding hydrogens is 412 g/mol. The van der Waals surface area contributed by atoms with Crippen LogP contribution in [0, 0.1) is 29.1 Å². The Morgan fingerprint density at radius 3 is 2.37 bits per heavy atom. The monoisotopic (exact) mass is 432 g/mol. The molecule has 1 heterocycles. The Bertz CT molecular complexity index is 819. The van der Waals surface area contributed by atoms with Gasteiger partial charge in [0.25, 0.3) is 0 Å². The largest absolute Gasteiger partial charge is 0.370 e. The fourth-order valence-electron chi connectivity index (χ4n) is 4.81. The predicted molar refractivity (Wildman–Crippen MR) is 102 cm³/mol. The molecule has 1 spiro atoms. The lowest BCUT2D eigenvalue weighted by Gasteiger charge is -2.26. The third kappa shape index (κ3) is 3.16. The van der Waals surface area contributed by atoms with Gasteiger partial charge in [-0.25, -0.2) is 4.98 Å². The molecule has 27 heavy (non-hydrogen) atoms. The number of anilines is 1. The van der Waals surface area contributed by atoms with Gasteiger partial charge in [-0.1, -0.05) is 12.2 Å². The number of primary amides is 1. The smallest absolute Gasteiger partial charge is 0.228 e. The van der Waals surface area contributed by atoms with Crippen LogP contribution in [0.25, 0.3) is 0 Å². The summed E-state index contributed by atoms with van der Waals surface area (Å²) in [5.41, 5.74) is 5.81. The second kappa shape index (κ2) is 6.74. The van der Waals surface area contributed by atoms with Gasteiger partial charge in [0.2, 0.25) is 17.7 Å². The summed E-state index contributed by atoms with van der Waals surface area (Å²) in [5.74, 6) is -1.46. The Morgan fingerprint density at radius 2 is 1.81 bits per heavy atom. The molecule has 2 saturated carbocycles. The molecule has 0 aromatic carbocycles. The Balaban J connectivity index is 1.52. The van der Waals surface area contributed by atoms with Crippen molar-refractivity contribution in [2.45, 2.75) is 19.3 Å². The first-order chi connectivity index (χ1) is 12.9. The summed E-state index contributed by atoms with van der Waals surface area (Å²) in [7, 11) is 0. The van der Waals surface area contributed by atoms with Gasteiger partial charge in [0.15, 0.2) is 0 Å². The van der Waals surface area contributed by atoms with E-state index in [1.165, 1.54) is 0 Å². The predicted octanol–water partition coefficient (Wildman–Crippen LogP) is 1.60. The molecule has 2 fully saturated rings. The number of hydrogen-bond acceptors (Lipinski definition) is 4. The maximum Gasteiger partial charge on any atom is 0.228 e. The van der Waals surface area contributed by atoms with Gasteiger partial charge in [-0.3, -0.25) is 14.4 Å². The van der Waals surface area contributed by atoms with Gasteiger partial charge in [-0.05, 0) is 58.2 Å². The highest BCUT2D eigenvalue weighted by molar-refractivity contribution is 9.10. The fourth-order valence-corrected chi connectivity index (χ4v) is 5.05. The van der Waals surface area contributed by atoms with E-state index in [0.717, 1.165) is 12.8 Å². The summed E-state index contributed by atoms with van der Waals surface area (Å²) in [6, 6.07) is 3.53. The molecule has 7 nitrogen and oxygen atoms in total. The minimum absolute atomic E-state index is 0.0612. The number of rotatable bonds is 6. The van der Waals surface area contributed by atoms with Crippen LogP contribution in [0.5, 0.6) is 0 Å². The van der Waals surface area contributed by atoms with E-state index in [2.05, 4.69) is 43.7 Å². The maximum absolute atomic E-state index is 13.1. The summed E-state index contributed by atoms with van der Waals surface area (Å²) in [5, 5.41) is 5.70. The van der Waals surface area contributed by atoms with Gasteiger partial charge in [0, 0.05) is 13.0 Å². The minimum Gasteiger partial charge on any atom is -0.370 e. The molecule has 1 aromatic rings. The van der Waals surface area contributed by atoms with Crippen molar-refractivity contribution in [1.29, 1.82) is 0 Å². The van der Waals surface area contributed by atoms with Crippen LogP contribution in [0.15, 0.2) is 35.1 Å². The number of pyridine rings is 1. The van der Waals surface area contributed by atoms with Gasteiger partial charge < -0.3 is 16.4 Å². The van der Waals surface area contributed by atoms with Gasteiger partial charge >= 0.3 is 0 Å². The average molecular weight is 433 g/mol. The molecule has 0 radical (unpaired) electrons. The van der Waals surface area contributed by atoms with Crippen molar-refractivity contribution in [2.75, 3.05) is 11.9 Å². The van der Waals surface area contributed by atoms with Crippen molar-refractivity contribution in [2.24, 2.45) is 34.8 Å². The lowest BCUT2D eigenvalue weighted by molar-refractivity contribution is -0.133. The summed E-state index contributed by atoms with van der Waals surface area (Å²) in [6.07, 6.45) is 7.97. The van der Waals surface area contributed by atoms with Crippen LogP contribution in [-0.2, 0) is 14.4 Å². The molecule has 8 heteroatoms. The van der Waals surface area contributed by atoms with E-state index in [0.29, 0.717) is 10.3 Å². The van der Waals surface area contributed by atoms with Crippen LogP contribution >= 0.6 is 15.9 Å². The molecule has 0 saturated heterocycles. The molecule has 1 aromatic heterocycles. The molecule has 3 aliphatic rings.